The van der Waals surface area contributed by atoms with Gasteiger partial charge in [0.2, 0.25) is 7.98 Å². The van der Waals surface area contributed by atoms with E-state index in [1.54, 1.807) is 16.8 Å². The normalized spacial score (nSPS) is 15.6. The van der Waals surface area contributed by atoms with Crippen LogP contribution in [-0.4, -0.2) is 39.9 Å². The Kier molecular flexibility index (Phi) is 3.36. The van der Waals surface area contributed by atoms with E-state index in [1.807, 2.05) is 0 Å². The van der Waals surface area contributed by atoms with Crippen LogP contribution in [0.15, 0.2) is 17.4 Å². The molecule has 1 amide bonds. The minimum atomic E-state index is -0.489. The van der Waals surface area contributed by atoms with Crippen molar-refractivity contribution in [3.05, 3.63) is 29.0 Å². The van der Waals surface area contributed by atoms with Crippen LogP contribution in [0.5, 0.6) is 5.75 Å². The summed E-state index contributed by atoms with van der Waals surface area (Å²) in [6.07, 6.45) is 1.56. The van der Waals surface area contributed by atoms with E-state index in [4.69, 9.17) is 13.8 Å². The van der Waals surface area contributed by atoms with Crippen molar-refractivity contribution in [2.24, 2.45) is 10.9 Å². The highest BCUT2D eigenvalue weighted by molar-refractivity contribution is 9.08. The van der Waals surface area contributed by atoms with Crippen LogP contribution in [0.2, 0.25) is 0 Å². The molecule has 1 aliphatic rings. The summed E-state index contributed by atoms with van der Waals surface area (Å²) in [6, 6.07) is 1.80. The van der Waals surface area contributed by atoms with Gasteiger partial charge in [-0.05, 0) is 11.6 Å². The summed E-state index contributed by atoms with van der Waals surface area (Å²) < 4.78 is 1.58. The van der Waals surface area contributed by atoms with Crippen molar-refractivity contribution in [3.8, 4) is 5.75 Å². The first-order valence-corrected chi connectivity index (χ1v) is 7.32. The number of carbonyl (C=O) groups is 1. The molecular weight excluding hydrogens is 337 g/mol. The molecule has 2 radical (unpaired) electrons. The van der Waals surface area contributed by atoms with E-state index in [9.17, 15) is 9.90 Å². The zero-order chi connectivity index (χ0) is 15.1. The number of nitrogens with two attached hydrogens (primary N) is 1. The quantitative estimate of drug-likeness (QED) is 0.327. The number of carbonyl (C=O) groups excluding carboxylic acids is 1. The Bertz CT molecular complexity index is 819. The molecule has 3 N–H and O–H groups in total. The SMILES string of the molecule is [B]N1CCn2c(c(O)c3nccc(CBr)c3c2=NN)C1=O. The van der Waals surface area contributed by atoms with Gasteiger partial charge in [0.1, 0.15) is 5.52 Å². The molecule has 7 nitrogen and oxygen atoms in total. The standard InChI is InChI=1S/C12H11BBrN5O2/c13-19-4-3-18-9(12(19)21)10(20)8-7(11(18)17-15)6(5-14)1-2-16-8/h1-2,20H,3-5,15H2. The Morgan fingerprint density at radius 3 is 2.95 bits per heavy atom. The fourth-order valence-electron chi connectivity index (χ4n) is 2.54. The minimum absolute atomic E-state index is 0.0553. The van der Waals surface area contributed by atoms with E-state index in [2.05, 4.69) is 26.0 Å². The van der Waals surface area contributed by atoms with E-state index in [1.165, 1.54) is 0 Å². The molecule has 3 rings (SSSR count). The second kappa shape index (κ2) is 5.07. The molecule has 1 aliphatic heterocycles. The maximum atomic E-state index is 12.2. The van der Waals surface area contributed by atoms with Gasteiger partial charge in [0.05, 0.1) is 5.39 Å². The van der Waals surface area contributed by atoms with Crippen LogP contribution in [0, 0.1) is 0 Å². The number of pyridine rings is 2. The zero-order valence-electron chi connectivity index (χ0n) is 11.0. The molecule has 0 unspecified atom stereocenters. The molecule has 2 aromatic heterocycles. The van der Waals surface area contributed by atoms with E-state index in [-0.39, 0.29) is 17.0 Å². The largest absolute Gasteiger partial charge is 0.504 e. The fourth-order valence-corrected chi connectivity index (χ4v) is 3.00. The summed E-state index contributed by atoms with van der Waals surface area (Å²) in [5.74, 6) is 4.82. The molecule has 9 heteroatoms. The van der Waals surface area contributed by atoms with Gasteiger partial charge < -0.3 is 20.3 Å². The van der Waals surface area contributed by atoms with Crippen molar-refractivity contribution in [1.82, 2.24) is 14.4 Å². The van der Waals surface area contributed by atoms with Gasteiger partial charge in [0.15, 0.2) is 16.9 Å². The van der Waals surface area contributed by atoms with Crippen LogP contribution in [0.4, 0.5) is 0 Å². The molecule has 0 fully saturated rings. The van der Waals surface area contributed by atoms with E-state index in [0.29, 0.717) is 29.3 Å². The van der Waals surface area contributed by atoms with Crippen LogP contribution in [0.3, 0.4) is 0 Å². The van der Waals surface area contributed by atoms with Crippen molar-refractivity contribution in [3.63, 3.8) is 0 Å². The summed E-state index contributed by atoms with van der Waals surface area (Å²) in [6.45, 7) is 0.710. The number of fused-ring (bicyclic) bond motifs is 2. The average molecular weight is 348 g/mol. The van der Waals surface area contributed by atoms with Crippen molar-refractivity contribution >= 4 is 40.7 Å². The van der Waals surface area contributed by atoms with Crippen molar-refractivity contribution in [1.29, 1.82) is 0 Å². The molecule has 0 spiro atoms. The Morgan fingerprint density at radius 1 is 1.52 bits per heavy atom. The molecule has 21 heavy (non-hydrogen) atoms. The third kappa shape index (κ3) is 1.91. The summed E-state index contributed by atoms with van der Waals surface area (Å²) in [5.41, 5.74) is 1.62. The number of amides is 1. The topological polar surface area (TPSA) is 96.7 Å². The third-order valence-electron chi connectivity index (χ3n) is 3.53. The number of hydrogen-bond donors (Lipinski definition) is 2. The predicted molar refractivity (Wildman–Crippen MR) is 80.6 cm³/mol. The second-order valence-electron chi connectivity index (χ2n) is 4.63. The Morgan fingerprint density at radius 2 is 2.29 bits per heavy atom. The lowest BCUT2D eigenvalue weighted by molar-refractivity contribution is 0.0818. The minimum Gasteiger partial charge on any atom is -0.504 e. The Hall–Kier alpha value is -2.03. The highest BCUT2D eigenvalue weighted by Crippen LogP contribution is 2.29. The lowest BCUT2D eigenvalue weighted by atomic mass is 10.1. The number of rotatable bonds is 1. The lowest BCUT2D eigenvalue weighted by Gasteiger charge is -2.28. The van der Waals surface area contributed by atoms with Gasteiger partial charge in [-0.1, -0.05) is 15.9 Å². The lowest BCUT2D eigenvalue weighted by Crippen LogP contribution is -2.44. The molecule has 0 aromatic carbocycles. The summed E-state index contributed by atoms with van der Waals surface area (Å²) in [7, 11) is 5.62. The van der Waals surface area contributed by atoms with E-state index in [0.717, 1.165) is 10.4 Å². The molecule has 0 saturated heterocycles. The molecular formula is C12H11BBrN5O2. The zero-order valence-corrected chi connectivity index (χ0v) is 12.5. The first kappa shape index (κ1) is 13.9. The third-order valence-corrected chi connectivity index (χ3v) is 4.13. The van der Waals surface area contributed by atoms with Gasteiger partial charge in [0.25, 0.3) is 5.91 Å². The van der Waals surface area contributed by atoms with Crippen molar-refractivity contribution in [2.45, 2.75) is 11.9 Å². The van der Waals surface area contributed by atoms with Gasteiger partial charge >= 0.3 is 0 Å². The number of alkyl halides is 1. The van der Waals surface area contributed by atoms with Crippen molar-refractivity contribution < 1.29 is 9.90 Å². The van der Waals surface area contributed by atoms with Crippen LogP contribution in [0.1, 0.15) is 16.1 Å². The highest BCUT2D eigenvalue weighted by Gasteiger charge is 2.28. The first-order chi connectivity index (χ1) is 10.1. The molecule has 0 saturated carbocycles. The fraction of sp³-hybridized carbons (Fsp3) is 0.250. The number of aromatic hydroxyl groups is 1. The number of halogens is 1. The first-order valence-electron chi connectivity index (χ1n) is 6.20. The smallest absolute Gasteiger partial charge is 0.261 e. The van der Waals surface area contributed by atoms with Gasteiger partial charge in [-0.2, -0.15) is 5.10 Å². The van der Waals surface area contributed by atoms with Crippen LogP contribution >= 0.6 is 15.9 Å². The van der Waals surface area contributed by atoms with Crippen LogP contribution in [-0.2, 0) is 11.9 Å². The maximum Gasteiger partial charge on any atom is 0.261 e. The van der Waals surface area contributed by atoms with Gasteiger partial charge in [0, 0.05) is 24.6 Å². The number of nitrogens with zero attached hydrogens (tertiary/aromatic N) is 4. The predicted octanol–water partition coefficient (Wildman–Crippen LogP) is -0.0495. The molecule has 106 valence electrons. The van der Waals surface area contributed by atoms with Gasteiger partial charge in [-0.15, -0.1) is 0 Å². The molecule has 0 bridgehead atoms. The van der Waals surface area contributed by atoms with Gasteiger partial charge in [-0.25, -0.2) is 0 Å². The summed E-state index contributed by atoms with van der Waals surface area (Å²) >= 11 is 3.39. The molecule has 0 aliphatic carbocycles. The Balaban J connectivity index is 2.54. The highest BCUT2D eigenvalue weighted by atomic mass is 79.9. The number of aromatic nitrogens is 2. The average Bonchev–Trinajstić information content (AvgIpc) is 2.50. The maximum absolute atomic E-state index is 12.2. The summed E-state index contributed by atoms with van der Waals surface area (Å²) in [5, 5.41) is 15.4. The monoisotopic (exact) mass is 347 g/mol. The summed E-state index contributed by atoms with van der Waals surface area (Å²) in [4.78, 5) is 17.4. The molecule has 2 aromatic rings. The second-order valence-corrected chi connectivity index (χ2v) is 5.19. The Labute approximate surface area is 129 Å². The molecule has 3 heterocycles. The molecule has 0 atom stereocenters. The van der Waals surface area contributed by atoms with E-state index >= 15 is 0 Å². The van der Waals surface area contributed by atoms with Crippen molar-refractivity contribution in [2.75, 3.05) is 6.54 Å². The number of hydrogen-bond acceptors (Lipinski definition) is 5. The van der Waals surface area contributed by atoms with Gasteiger partial charge in [-0.3, -0.25) is 9.78 Å². The van der Waals surface area contributed by atoms with E-state index < -0.39 is 5.91 Å². The van der Waals surface area contributed by atoms with Crippen LogP contribution in [0.25, 0.3) is 10.9 Å². The van der Waals surface area contributed by atoms with Crippen LogP contribution < -0.4 is 11.3 Å².